The van der Waals surface area contributed by atoms with E-state index in [1.54, 1.807) is 19.2 Å². The minimum absolute atomic E-state index is 0. The number of benzene rings is 2. The summed E-state index contributed by atoms with van der Waals surface area (Å²) in [5.41, 5.74) is 1.95. The van der Waals surface area contributed by atoms with Crippen LogP contribution in [0, 0.1) is 11.3 Å². The lowest BCUT2D eigenvalue weighted by atomic mass is 9.69. The van der Waals surface area contributed by atoms with Crippen molar-refractivity contribution in [3.05, 3.63) is 65.2 Å². The van der Waals surface area contributed by atoms with E-state index in [2.05, 4.69) is 11.4 Å². The molecule has 0 aliphatic heterocycles. The Labute approximate surface area is 171 Å². The Balaban J connectivity index is 0.00000280. The molecule has 0 saturated heterocycles. The molecule has 2 aromatic carbocycles. The summed E-state index contributed by atoms with van der Waals surface area (Å²) in [6.45, 7) is 0.698. The summed E-state index contributed by atoms with van der Waals surface area (Å²) in [4.78, 5) is 10.9. The normalized spacial score (nSPS) is 21.2. The monoisotopic (exact) mass is 400 g/mol. The number of hydrogen-bond acceptors (Lipinski definition) is 4. The fraction of sp³-hybridized carbons (Fsp3) is 0.364. The highest BCUT2D eigenvalue weighted by Crippen LogP contribution is 2.40. The average molecular weight is 401 g/mol. The maximum atomic E-state index is 10.9. The lowest BCUT2D eigenvalue weighted by Gasteiger charge is -2.36. The summed E-state index contributed by atoms with van der Waals surface area (Å²) < 4.78 is 5.31. The van der Waals surface area contributed by atoms with Crippen molar-refractivity contribution in [3.8, 4) is 11.8 Å². The van der Waals surface area contributed by atoms with E-state index in [9.17, 15) is 10.1 Å². The Bertz CT molecular complexity index is 838. The highest BCUT2D eigenvalue weighted by atomic mass is 35.5. The second-order valence-corrected chi connectivity index (χ2v) is 7.08. The maximum absolute atomic E-state index is 10.9. The van der Waals surface area contributed by atoms with Crippen LogP contribution in [-0.2, 0) is 12.0 Å². The van der Waals surface area contributed by atoms with Crippen LogP contribution in [0.1, 0.15) is 47.2 Å². The lowest BCUT2D eigenvalue weighted by Crippen LogP contribution is -2.39. The van der Waals surface area contributed by atoms with E-state index in [1.165, 1.54) is 0 Å². The summed E-state index contributed by atoms with van der Waals surface area (Å²) >= 11 is 0. The van der Waals surface area contributed by atoms with Crippen molar-refractivity contribution < 1.29 is 14.6 Å². The second kappa shape index (κ2) is 9.59. The van der Waals surface area contributed by atoms with E-state index in [1.807, 2.05) is 36.4 Å². The number of halogens is 1. The standard InChI is InChI=1S/C22H24N2O3.ClH/c1-27-20-4-2-3-18(13-20)22(15-23)11-9-19(10-12-22)24-14-16-5-7-17(8-6-16)21(25)26;/h2-8,13,19,24H,9-12,14H2,1H3,(H,25,26);1H/t19-,22-;. The van der Waals surface area contributed by atoms with Crippen LogP contribution >= 0.6 is 12.4 Å². The minimum Gasteiger partial charge on any atom is -0.497 e. The second-order valence-electron chi connectivity index (χ2n) is 7.08. The molecule has 1 aliphatic carbocycles. The summed E-state index contributed by atoms with van der Waals surface area (Å²) in [6.07, 6.45) is 3.48. The van der Waals surface area contributed by atoms with Gasteiger partial charge in [-0.3, -0.25) is 0 Å². The number of carboxylic acids is 1. The minimum atomic E-state index is -0.910. The van der Waals surface area contributed by atoms with Crippen molar-refractivity contribution >= 4 is 18.4 Å². The number of nitrogens with one attached hydrogen (secondary N) is 1. The van der Waals surface area contributed by atoms with Gasteiger partial charge in [0.2, 0.25) is 0 Å². The molecule has 1 fully saturated rings. The Morgan fingerprint density at radius 2 is 1.93 bits per heavy atom. The molecule has 0 unspecified atom stereocenters. The van der Waals surface area contributed by atoms with Crippen molar-refractivity contribution in [1.29, 1.82) is 5.26 Å². The molecular weight excluding hydrogens is 376 g/mol. The molecular formula is C22H25ClN2O3. The van der Waals surface area contributed by atoms with Gasteiger partial charge < -0.3 is 15.2 Å². The van der Waals surface area contributed by atoms with Crippen LogP contribution in [0.5, 0.6) is 5.75 Å². The molecule has 1 saturated carbocycles. The van der Waals surface area contributed by atoms with E-state index >= 15 is 0 Å². The number of carbonyl (C=O) groups is 1. The van der Waals surface area contributed by atoms with Gasteiger partial charge in [-0.25, -0.2) is 4.79 Å². The lowest BCUT2D eigenvalue weighted by molar-refractivity contribution is 0.0697. The molecule has 6 heteroatoms. The number of hydrogen-bond donors (Lipinski definition) is 2. The van der Waals surface area contributed by atoms with E-state index < -0.39 is 11.4 Å². The molecule has 0 heterocycles. The zero-order chi connectivity index (χ0) is 19.3. The molecule has 0 amide bonds. The molecule has 0 bridgehead atoms. The predicted molar refractivity (Wildman–Crippen MR) is 110 cm³/mol. The van der Waals surface area contributed by atoms with Crippen LogP contribution < -0.4 is 10.1 Å². The third kappa shape index (κ3) is 4.83. The van der Waals surface area contributed by atoms with Crippen molar-refractivity contribution in [2.75, 3.05) is 7.11 Å². The molecule has 148 valence electrons. The first-order valence-corrected chi connectivity index (χ1v) is 9.18. The number of aromatic carboxylic acids is 1. The Hall–Kier alpha value is -2.55. The molecule has 1 aliphatic rings. The van der Waals surface area contributed by atoms with E-state index in [-0.39, 0.29) is 12.4 Å². The fourth-order valence-corrected chi connectivity index (χ4v) is 3.73. The van der Waals surface area contributed by atoms with Crippen molar-refractivity contribution in [1.82, 2.24) is 5.32 Å². The van der Waals surface area contributed by atoms with Gasteiger partial charge in [-0.2, -0.15) is 5.26 Å². The van der Waals surface area contributed by atoms with Crippen molar-refractivity contribution in [3.63, 3.8) is 0 Å². The van der Waals surface area contributed by atoms with Gasteiger partial charge in [-0.1, -0.05) is 24.3 Å². The summed E-state index contributed by atoms with van der Waals surface area (Å²) in [5.74, 6) is -0.126. The van der Waals surface area contributed by atoms with Crippen LogP contribution in [0.3, 0.4) is 0 Å². The number of ether oxygens (including phenoxy) is 1. The quantitative estimate of drug-likeness (QED) is 0.755. The van der Waals surface area contributed by atoms with Gasteiger partial charge >= 0.3 is 5.97 Å². The zero-order valence-electron chi connectivity index (χ0n) is 15.9. The number of methoxy groups -OCH3 is 1. The topological polar surface area (TPSA) is 82.3 Å². The smallest absolute Gasteiger partial charge is 0.335 e. The number of nitrogens with zero attached hydrogens (tertiary/aromatic N) is 1. The summed E-state index contributed by atoms with van der Waals surface area (Å²) in [6, 6.07) is 17.7. The molecule has 28 heavy (non-hydrogen) atoms. The van der Waals surface area contributed by atoms with Crippen LogP contribution in [-0.4, -0.2) is 24.2 Å². The molecule has 2 N–H and O–H groups in total. The SMILES string of the molecule is COc1cccc([C@]2(C#N)CC[C@@H](NCc3ccc(C(=O)O)cc3)CC2)c1.Cl. The average Bonchev–Trinajstić information content (AvgIpc) is 2.73. The Kier molecular flexibility index (Phi) is 7.45. The molecule has 0 aromatic heterocycles. The third-order valence-corrected chi connectivity index (χ3v) is 5.47. The third-order valence-electron chi connectivity index (χ3n) is 5.47. The maximum Gasteiger partial charge on any atom is 0.335 e. The van der Waals surface area contributed by atoms with Crippen molar-refractivity contribution in [2.24, 2.45) is 0 Å². The molecule has 0 radical (unpaired) electrons. The van der Waals surface area contributed by atoms with Gasteiger partial charge in [0, 0.05) is 12.6 Å². The van der Waals surface area contributed by atoms with Gasteiger partial charge in [0.25, 0.3) is 0 Å². The van der Waals surface area contributed by atoms with Gasteiger partial charge in [-0.05, 0) is 61.1 Å². The van der Waals surface area contributed by atoms with E-state index in [0.29, 0.717) is 18.2 Å². The van der Waals surface area contributed by atoms with Crippen molar-refractivity contribution in [2.45, 2.75) is 43.7 Å². The molecule has 2 aromatic rings. The molecule has 3 rings (SSSR count). The van der Waals surface area contributed by atoms with Gasteiger partial charge in [0.1, 0.15) is 5.75 Å². The first-order valence-electron chi connectivity index (χ1n) is 9.18. The van der Waals surface area contributed by atoms with Gasteiger partial charge in [-0.15, -0.1) is 12.4 Å². The largest absolute Gasteiger partial charge is 0.497 e. The highest BCUT2D eigenvalue weighted by molar-refractivity contribution is 5.87. The van der Waals surface area contributed by atoms with E-state index in [0.717, 1.165) is 42.6 Å². The Morgan fingerprint density at radius 1 is 1.25 bits per heavy atom. The van der Waals surface area contributed by atoms with Crippen LogP contribution in [0.15, 0.2) is 48.5 Å². The summed E-state index contributed by atoms with van der Waals surface area (Å²) in [7, 11) is 1.64. The van der Waals surface area contributed by atoms with Crippen LogP contribution in [0.25, 0.3) is 0 Å². The van der Waals surface area contributed by atoms with E-state index in [4.69, 9.17) is 9.84 Å². The van der Waals surface area contributed by atoms with Crippen LogP contribution in [0.4, 0.5) is 0 Å². The molecule has 0 atom stereocenters. The predicted octanol–water partition coefficient (Wildman–Crippen LogP) is 4.31. The fourth-order valence-electron chi connectivity index (χ4n) is 3.73. The number of rotatable bonds is 6. The van der Waals surface area contributed by atoms with Crippen LogP contribution in [0.2, 0.25) is 0 Å². The zero-order valence-corrected chi connectivity index (χ0v) is 16.7. The highest BCUT2D eigenvalue weighted by Gasteiger charge is 2.37. The first-order chi connectivity index (χ1) is 13.1. The van der Waals surface area contributed by atoms with Gasteiger partial charge in [0.15, 0.2) is 0 Å². The van der Waals surface area contributed by atoms with Gasteiger partial charge in [0.05, 0.1) is 24.2 Å². The Morgan fingerprint density at radius 3 is 2.50 bits per heavy atom. The summed E-state index contributed by atoms with van der Waals surface area (Å²) in [5, 5.41) is 22.4. The molecule has 5 nitrogen and oxygen atoms in total. The number of carboxylic acid groups (broad SMARTS) is 1. The molecule has 0 spiro atoms. The first kappa shape index (κ1) is 21.7. The number of nitriles is 1.